The van der Waals surface area contributed by atoms with Crippen LogP contribution in [0.1, 0.15) is 59.8 Å². The Balaban J connectivity index is 1.87. The first-order valence-electron chi connectivity index (χ1n) is 8.12. The molecule has 2 aliphatic carbocycles. The van der Waals surface area contributed by atoms with E-state index in [0.717, 1.165) is 0 Å². The van der Waals surface area contributed by atoms with E-state index in [1.54, 1.807) is 0 Å². The number of benzene rings is 1. The molecule has 2 saturated heterocycles. The van der Waals surface area contributed by atoms with E-state index < -0.39 is 0 Å². The van der Waals surface area contributed by atoms with Crippen LogP contribution in [0.4, 0.5) is 5.69 Å². The molecule has 2 saturated carbocycles. The highest BCUT2D eigenvalue weighted by Crippen LogP contribution is 2.69. The molecule has 5 rings (SSSR count). The van der Waals surface area contributed by atoms with Gasteiger partial charge in [0.1, 0.15) is 0 Å². The summed E-state index contributed by atoms with van der Waals surface area (Å²) in [4.78, 5) is 2.79. The van der Waals surface area contributed by atoms with Crippen LogP contribution >= 0.6 is 0 Å². The Morgan fingerprint density at radius 2 is 1.15 bits per heavy atom. The van der Waals surface area contributed by atoms with Gasteiger partial charge in [-0.3, -0.25) is 0 Å². The molecule has 20 heavy (non-hydrogen) atoms. The van der Waals surface area contributed by atoms with Crippen LogP contribution in [0, 0.1) is 10.8 Å². The molecule has 1 aromatic rings. The quantitative estimate of drug-likeness (QED) is 0.692. The fraction of sp³-hybridized carbons (Fsp3) is 0.684. The minimum Gasteiger partial charge on any atom is -0.361 e. The molecule has 2 aliphatic heterocycles. The van der Waals surface area contributed by atoms with Crippen molar-refractivity contribution >= 4 is 5.69 Å². The summed E-state index contributed by atoms with van der Waals surface area (Å²) in [5, 5.41) is 0. The SMILES string of the molecule is CC12CC3(C)CC(C)(C1)N(c1ccccc1)C(C)(C2)C3. The van der Waals surface area contributed by atoms with Crippen LogP contribution in [0.25, 0.3) is 0 Å². The van der Waals surface area contributed by atoms with Crippen molar-refractivity contribution in [3.8, 4) is 0 Å². The molecule has 0 amide bonds. The molecule has 0 aromatic heterocycles. The molecule has 4 fully saturated rings. The summed E-state index contributed by atoms with van der Waals surface area (Å²) in [6, 6.07) is 11.1. The van der Waals surface area contributed by atoms with Crippen LogP contribution in [0.15, 0.2) is 30.3 Å². The van der Waals surface area contributed by atoms with Crippen molar-refractivity contribution in [1.82, 2.24) is 0 Å². The number of hydrogen-bond acceptors (Lipinski definition) is 1. The molecule has 1 aromatic carbocycles. The second-order valence-corrected chi connectivity index (χ2v) is 9.17. The van der Waals surface area contributed by atoms with Crippen molar-refractivity contribution in [2.24, 2.45) is 10.8 Å². The maximum absolute atomic E-state index is 2.79. The first-order chi connectivity index (χ1) is 9.26. The van der Waals surface area contributed by atoms with Gasteiger partial charge in [-0.2, -0.15) is 0 Å². The van der Waals surface area contributed by atoms with Crippen LogP contribution in [-0.4, -0.2) is 11.1 Å². The largest absolute Gasteiger partial charge is 0.361 e. The van der Waals surface area contributed by atoms with Gasteiger partial charge in [-0.05, 0) is 68.9 Å². The maximum Gasteiger partial charge on any atom is 0.0390 e. The molecule has 0 spiro atoms. The predicted octanol–water partition coefficient (Wildman–Crippen LogP) is 5.01. The Labute approximate surface area is 123 Å². The van der Waals surface area contributed by atoms with Gasteiger partial charge in [0.2, 0.25) is 0 Å². The first kappa shape index (κ1) is 12.7. The molecule has 4 aliphatic rings. The monoisotopic (exact) mass is 269 g/mol. The Hall–Kier alpha value is -0.980. The molecular formula is C19H27N. The molecule has 1 nitrogen and oxygen atoms in total. The summed E-state index contributed by atoms with van der Waals surface area (Å²) < 4.78 is 0. The second-order valence-electron chi connectivity index (χ2n) is 9.17. The van der Waals surface area contributed by atoms with Crippen LogP contribution in [-0.2, 0) is 0 Å². The highest BCUT2D eigenvalue weighted by Gasteiger charge is 2.66. The van der Waals surface area contributed by atoms with Crippen molar-refractivity contribution in [3.63, 3.8) is 0 Å². The van der Waals surface area contributed by atoms with Crippen LogP contribution < -0.4 is 4.90 Å². The van der Waals surface area contributed by atoms with Gasteiger partial charge in [-0.15, -0.1) is 0 Å². The van der Waals surface area contributed by atoms with E-state index in [1.165, 1.54) is 37.8 Å². The van der Waals surface area contributed by atoms with Crippen LogP contribution in [0.5, 0.6) is 0 Å². The van der Waals surface area contributed by atoms with E-state index in [-0.39, 0.29) is 0 Å². The van der Waals surface area contributed by atoms with E-state index in [2.05, 4.69) is 62.9 Å². The predicted molar refractivity (Wildman–Crippen MR) is 85.0 cm³/mol. The van der Waals surface area contributed by atoms with E-state index >= 15 is 0 Å². The van der Waals surface area contributed by atoms with Gasteiger partial charge in [0.15, 0.2) is 0 Å². The average molecular weight is 269 g/mol. The summed E-state index contributed by atoms with van der Waals surface area (Å²) in [7, 11) is 0. The molecule has 0 atom stereocenters. The smallest absolute Gasteiger partial charge is 0.0390 e. The molecule has 0 unspecified atom stereocenters. The zero-order chi connectivity index (χ0) is 14.2. The number of piperidine rings is 2. The third-order valence-electron chi connectivity index (χ3n) is 6.18. The van der Waals surface area contributed by atoms with Gasteiger partial charge < -0.3 is 4.90 Å². The first-order valence-corrected chi connectivity index (χ1v) is 8.12. The molecular weight excluding hydrogens is 242 g/mol. The van der Waals surface area contributed by atoms with Crippen molar-refractivity contribution in [3.05, 3.63) is 30.3 Å². The number of anilines is 1. The summed E-state index contributed by atoms with van der Waals surface area (Å²) >= 11 is 0. The summed E-state index contributed by atoms with van der Waals surface area (Å²) in [6.07, 6.45) is 6.88. The van der Waals surface area contributed by atoms with E-state index in [1.807, 2.05) is 0 Å². The summed E-state index contributed by atoms with van der Waals surface area (Å²) in [5.74, 6) is 0. The average Bonchev–Trinajstić information content (AvgIpc) is 2.22. The van der Waals surface area contributed by atoms with Gasteiger partial charge in [0, 0.05) is 16.8 Å². The molecule has 0 N–H and O–H groups in total. The Morgan fingerprint density at radius 3 is 1.60 bits per heavy atom. The lowest BCUT2D eigenvalue weighted by Gasteiger charge is -2.74. The Morgan fingerprint density at radius 1 is 0.700 bits per heavy atom. The molecule has 1 heteroatoms. The Kier molecular flexibility index (Phi) is 2.18. The van der Waals surface area contributed by atoms with E-state index in [4.69, 9.17) is 0 Å². The van der Waals surface area contributed by atoms with E-state index in [9.17, 15) is 0 Å². The number of hydrogen-bond donors (Lipinski definition) is 0. The standard InChI is InChI=1S/C19H27N/c1-16-10-17(2)13-18(3,11-16)20(19(4,12-16)14-17)15-8-6-5-7-9-15/h5-9H,10-14H2,1-4H3. The normalized spacial score (nSPS) is 49.7. The third-order valence-corrected chi connectivity index (χ3v) is 6.18. The number of rotatable bonds is 1. The van der Waals surface area contributed by atoms with Crippen LogP contribution in [0.2, 0.25) is 0 Å². The van der Waals surface area contributed by atoms with Crippen LogP contribution in [0.3, 0.4) is 0 Å². The number of para-hydroxylation sites is 1. The maximum atomic E-state index is 2.79. The summed E-state index contributed by atoms with van der Waals surface area (Å²) in [5.41, 5.74) is 3.23. The minimum atomic E-state index is 0.342. The molecule has 108 valence electrons. The van der Waals surface area contributed by atoms with Gasteiger partial charge in [0.25, 0.3) is 0 Å². The van der Waals surface area contributed by atoms with Crippen molar-refractivity contribution in [2.45, 2.75) is 70.9 Å². The van der Waals surface area contributed by atoms with Gasteiger partial charge in [-0.25, -0.2) is 0 Å². The summed E-state index contributed by atoms with van der Waals surface area (Å²) in [6.45, 7) is 10.1. The zero-order valence-corrected chi connectivity index (χ0v) is 13.4. The highest BCUT2D eigenvalue weighted by molar-refractivity contribution is 5.55. The van der Waals surface area contributed by atoms with Crippen molar-refractivity contribution in [2.75, 3.05) is 4.90 Å². The second kappa shape index (κ2) is 3.43. The lowest BCUT2D eigenvalue weighted by Crippen LogP contribution is -2.75. The van der Waals surface area contributed by atoms with Crippen molar-refractivity contribution in [1.29, 1.82) is 0 Å². The van der Waals surface area contributed by atoms with E-state index in [0.29, 0.717) is 21.9 Å². The zero-order valence-electron chi connectivity index (χ0n) is 13.4. The molecule has 0 radical (unpaired) electrons. The number of nitrogens with zero attached hydrogens (tertiary/aromatic N) is 1. The van der Waals surface area contributed by atoms with Gasteiger partial charge in [0.05, 0.1) is 0 Å². The highest BCUT2D eigenvalue weighted by atomic mass is 15.3. The van der Waals surface area contributed by atoms with Crippen molar-refractivity contribution < 1.29 is 0 Å². The molecule has 4 bridgehead atoms. The third kappa shape index (κ3) is 1.55. The fourth-order valence-corrected chi connectivity index (χ4v) is 7.38. The molecule has 2 heterocycles. The lowest BCUT2D eigenvalue weighted by atomic mass is 9.43. The van der Waals surface area contributed by atoms with Gasteiger partial charge >= 0.3 is 0 Å². The minimum absolute atomic E-state index is 0.342. The Bertz CT molecular complexity index is 502. The fourth-order valence-electron chi connectivity index (χ4n) is 7.38. The topological polar surface area (TPSA) is 3.24 Å². The van der Waals surface area contributed by atoms with Gasteiger partial charge in [-0.1, -0.05) is 32.0 Å². The lowest BCUT2D eigenvalue weighted by molar-refractivity contribution is -0.106.